The van der Waals surface area contributed by atoms with E-state index in [4.69, 9.17) is 0 Å². The van der Waals surface area contributed by atoms with E-state index in [-0.39, 0.29) is 0 Å². The summed E-state index contributed by atoms with van der Waals surface area (Å²) in [5, 5.41) is 2.66. The van der Waals surface area contributed by atoms with Crippen molar-refractivity contribution in [3.8, 4) is 0 Å². The van der Waals surface area contributed by atoms with Crippen molar-refractivity contribution in [1.29, 1.82) is 0 Å². The summed E-state index contributed by atoms with van der Waals surface area (Å²) in [7, 11) is 0. The Kier molecular flexibility index (Phi) is 1.70. The van der Waals surface area contributed by atoms with Crippen molar-refractivity contribution >= 4 is 19.8 Å². The van der Waals surface area contributed by atoms with Gasteiger partial charge in [0.1, 0.15) is 0 Å². The predicted molar refractivity (Wildman–Crippen MR) is 30.2 cm³/mol. The van der Waals surface area contributed by atoms with Crippen LogP contribution >= 0.6 is 0 Å². The van der Waals surface area contributed by atoms with E-state index >= 15 is 0 Å². The van der Waals surface area contributed by atoms with E-state index in [2.05, 4.69) is 0 Å². The van der Waals surface area contributed by atoms with Crippen molar-refractivity contribution in [2.45, 2.75) is 17.1 Å². The summed E-state index contributed by atoms with van der Waals surface area (Å²) in [5.74, 6) is 1.85. The van der Waals surface area contributed by atoms with Gasteiger partial charge >= 0.3 is 46.7 Å². The van der Waals surface area contributed by atoms with Crippen molar-refractivity contribution in [2.24, 2.45) is 0 Å². The summed E-state index contributed by atoms with van der Waals surface area (Å²) in [4.78, 5) is 11.4. The summed E-state index contributed by atoms with van der Waals surface area (Å²) in [6.45, 7) is 0. The molecule has 1 fully saturated rings. The van der Waals surface area contributed by atoms with Gasteiger partial charge in [-0.3, -0.25) is 0 Å². The third kappa shape index (κ3) is 1.17. The first-order valence-electron chi connectivity index (χ1n) is 2.31. The minimum absolute atomic E-state index is 0.436. The van der Waals surface area contributed by atoms with Crippen molar-refractivity contribution < 1.29 is 4.79 Å². The summed E-state index contributed by atoms with van der Waals surface area (Å²) in [6, 6.07) is 0. The molecule has 0 aromatic rings. The van der Waals surface area contributed by atoms with Crippen LogP contribution in [0.4, 0.5) is 0 Å². The first kappa shape index (κ1) is 5.11. The van der Waals surface area contributed by atoms with E-state index in [0.29, 0.717) is 0 Å². The molecule has 0 atom stereocenters. The van der Waals surface area contributed by atoms with Gasteiger partial charge in [0, 0.05) is 0 Å². The summed E-state index contributed by atoms with van der Waals surface area (Å²) in [6.07, 6.45) is 1.35. The molecule has 0 spiro atoms. The fourth-order valence-corrected chi connectivity index (χ4v) is 2.58. The van der Waals surface area contributed by atoms with Crippen molar-refractivity contribution in [3.05, 3.63) is 4.97 Å². The molecule has 0 aliphatic carbocycles. The molecule has 39 valence electrons. The molecule has 2 heteroatoms. The molecule has 1 heterocycles. The van der Waals surface area contributed by atoms with Gasteiger partial charge in [0.05, 0.1) is 0 Å². The molecule has 1 radical (unpaired) electrons. The molecule has 0 unspecified atom stereocenters. The molecular formula is C5H7OSe. The second-order valence-electron chi connectivity index (χ2n) is 1.53. The molecule has 1 saturated heterocycles. The second-order valence-corrected chi connectivity index (χ2v) is 6.00. The van der Waals surface area contributed by atoms with Gasteiger partial charge in [-0.05, 0) is 0 Å². The van der Waals surface area contributed by atoms with Crippen LogP contribution in [0.1, 0.15) is 6.42 Å². The molecule has 1 rings (SSSR count). The van der Waals surface area contributed by atoms with E-state index in [1.807, 2.05) is 5.94 Å². The Hall–Kier alpha value is -0.0305. The molecule has 0 N–H and O–H groups in total. The van der Waals surface area contributed by atoms with Gasteiger partial charge in [-0.2, -0.15) is 0 Å². The van der Waals surface area contributed by atoms with Crippen LogP contribution in [0.25, 0.3) is 0 Å². The van der Waals surface area contributed by atoms with E-state index in [9.17, 15) is 4.79 Å². The van der Waals surface area contributed by atoms with Crippen LogP contribution in [-0.2, 0) is 4.79 Å². The van der Waals surface area contributed by atoms with E-state index in [0.717, 1.165) is 0 Å². The van der Waals surface area contributed by atoms with Crippen LogP contribution in [0.15, 0.2) is 4.97 Å². The third-order valence-electron chi connectivity index (χ3n) is 1.03. The zero-order valence-corrected chi connectivity index (χ0v) is 5.73. The average molecular weight is 162 g/mol. The molecule has 1 aliphatic rings. The standard InChI is InChI=1S/C5H7OSe/c6-2-5-7-3-1-4-7/h5H,1,3-4H2. The number of rotatable bonds is 1. The minimum atomic E-state index is -0.436. The molecule has 0 aromatic heterocycles. The predicted octanol–water partition coefficient (Wildman–Crippen LogP) is 0.812. The first-order valence-corrected chi connectivity index (χ1v) is 5.72. The maximum absolute atomic E-state index is 9.66. The van der Waals surface area contributed by atoms with Crippen molar-refractivity contribution in [2.75, 3.05) is 0 Å². The van der Waals surface area contributed by atoms with Gasteiger partial charge in [-0.15, -0.1) is 0 Å². The molecule has 0 aromatic carbocycles. The average Bonchev–Trinajstić information content (AvgIpc) is 1.55. The van der Waals surface area contributed by atoms with Crippen LogP contribution in [0.2, 0.25) is 10.6 Å². The zero-order valence-electron chi connectivity index (χ0n) is 4.02. The molecule has 7 heavy (non-hydrogen) atoms. The van der Waals surface area contributed by atoms with Crippen LogP contribution in [0, 0.1) is 0 Å². The third-order valence-corrected chi connectivity index (χ3v) is 5.34. The van der Waals surface area contributed by atoms with Gasteiger partial charge in [0.25, 0.3) is 0 Å². The van der Waals surface area contributed by atoms with E-state index in [1.54, 1.807) is 4.97 Å². The van der Waals surface area contributed by atoms with E-state index < -0.39 is 13.9 Å². The summed E-state index contributed by atoms with van der Waals surface area (Å²) < 4.78 is 0. The normalized spacial score (nSPS) is 20.0. The zero-order chi connectivity index (χ0) is 5.11. The monoisotopic (exact) mass is 163 g/mol. The Bertz CT molecular complexity index is 101. The Morgan fingerprint density at radius 2 is 2.29 bits per heavy atom. The number of carbonyl (C=O) groups excluding carboxylic acids is 1. The Labute approximate surface area is 47.3 Å². The topological polar surface area (TPSA) is 17.1 Å². The maximum atomic E-state index is 9.66. The van der Waals surface area contributed by atoms with Gasteiger partial charge in [-0.25, -0.2) is 0 Å². The van der Waals surface area contributed by atoms with Crippen LogP contribution < -0.4 is 0 Å². The fraction of sp³-hybridized carbons (Fsp3) is 0.600. The van der Waals surface area contributed by atoms with Gasteiger partial charge < -0.3 is 0 Å². The molecule has 1 aliphatic heterocycles. The van der Waals surface area contributed by atoms with Crippen LogP contribution in [0.3, 0.4) is 0 Å². The van der Waals surface area contributed by atoms with Crippen molar-refractivity contribution in [3.63, 3.8) is 0 Å². The quantitative estimate of drug-likeness (QED) is 0.412. The number of hydrogen-bond donors (Lipinski definition) is 0. The van der Waals surface area contributed by atoms with Gasteiger partial charge in [-0.1, -0.05) is 0 Å². The molecule has 1 nitrogen and oxygen atoms in total. The molecule has 0 amide bonds. The van der Waals surface area contributed by atoms with Gasteiger partial charge in [0.15, 0.2) is 0 Å². The SMILES string of the molecule is O=C=C[Se]1CCC1. The molecular weight excluding hydrogens is 155 g/mol. The van der Waals surface area contributed by atoms with E-state index in [1.165, 1.54) is 17.1 Å². The van der Waals surface area contributed by atoms with Gasteiger partial charge in [0.2, 0.25) is 0 Å². The van der Waals surface area contributed by atoms with Crippen molar-refractivity contribution in [1.82, 2.24) is 0 Å². The Balaban J connectivity index is 2.27. The van der Waals surface area contributed by atoms with Crippen LogP contribution in [-0.4, -0.2) is 19.8 Å². The number of hydrogen-bond acceptors (Lipinski definition) is 1. The second kappa shape index (κ2) is 2.32. The van der Waals surface area contributed by atoms with Crippen LogP contribution in [0.5, 0.6) is 0 Å². The molecule has 0 saturated carbocycles. The Morgan fingerprint density at radius 1 is 1.57 bits per heavy atom. The molecule has 0 bridgehead atoms. The fourth-order valence-electron chi connectivity index (χ4n) is 0.497. The summed E-state index contributed by atoms with van der Waals surface area (Å²) in [5.41, 5.74) is 0. The summed E-state index contributed by atoms with van der Waals surface area (Å²) >= 11 is -0.436. The first-order chi connectivity index (χ1) is 3.43. The Morgan fingerprint density at radius 3 is 2.43 bits per heavy atom.